The first-order valence-electron chi connectivity index (χ1n) is 7.10. The van der Waals surface area contributed by atoms with Gasteiger partial charge < -0.3 is 51.3 Å². The Bertz CT molecular complexity index is 399. The van der Waals surface area contributed by atoms with Crippen LogP contribution in [-0.4, -0.2) is 92.9 Å². The molecule has 0 radical (unpaired) electrons. The second-order valence-corrected chi connectivity index (χ2v) is 5.91. The summed E-state index contributed by atoms with van der Waals surface area (Å²) in [6.45, 7) is 0. The molecule has 1 saturated carbocycles. The van der Waals surface area contributed by atoms with E-state index in [-0.39, 0.29) is 6.29 Å². The number of aldehydes is 1. The van der Waals surface area contributed by atoms with Crippen molar-refractivity contribution in [1.82, 2.24) is 0 Å². The summed E-state index contributed by atoms with van der Waals surface area (Å²) in [5.74, 6) is 0. The molecule has 0 aromatic heterocycles. The molecule has 22 heavy (non-hydrogen) atoms. The Morgan fingerprint density at radius 1 is 0.909 bits per heavy atom. The van der Waals surface area contributed by atoms with Gasteiger partial charge in [-0.05, 0) is 0 Å². The molecular formula is C12H24N2O8+2. The van der Waals surface area contributed by atoms with Crippen LogP contribution in [0.3, 0.4) is 0 Å². The number of carbonyl (C=O) groups excluding carboxylic acids is 1. The van der Waals surface area contributed by atoms with Crippen LogP contribution in [0, 0.1) is 0 Å². The Morgan fingerprint density at radius 2 is 1.55 bits per heavy atom. The lowest BCUT2D eigenvalue weighted by Gasteiger charge is -2.42. The second kappa shape index (κ2) is 6.83. The van der Waals surface area contributed by atoms with E-state index in [9.17, 15) is 30.3 Å². The maximum atomic E-state index is 10.8. The normalized spacial score (nSPS) is 53.2. The van der Waals surface area contributed by atoms with E-state index in [1.165, 1.54) is 0 Å². The van der Waals surface area contributed by atoms with Crippen LogP contribution in [0.4, 0.5) is 0 Å². The predicted molar refractivity (Wildman–Crippen MR) is 67.6 cm³/mol. The zero-order valence-electron chi connectivity index (χ0n) is 11.9. The summed E-state index contributed by atoms with van der Waals surface area (Å²) in [6, 6.07) is -0.847. The number of aliphatic hydroxyl groups is 5. The van der Waals surface area contributed by atoms with Crippen molar-refractivity contribution in [2.24, 2.45) is 0 Å². The van der Waals surface area contributed by atoms with Crippen LogP contribution in [0.15, 0.2) is 0 Å². The molecule has 10 atom stereocenters. The minimum atomic E-state index is -1.64. The van der Waals surface area contributed by atoms with E-state index in [2.05, 4.69) is 11.5 Å². The molecule has 1 saturated heterocycles. The number of ether oxygens (including phenoxy) is 2. The van der Waals surface area contributed by atoms with E-state index >= 15 is 0 Å². The van der Waals surface area contributed by atoms with E-state index in [0.29, 0.717) is 6.42 Å². The Hall–Kier alpha value is -0.690. The van der Waals surface area contributed by atoms with E-state index in [1.54, 1.807) is 0 Å². The highest BCUT2D eigenvalue weighted by atomic mass is 16.7. The summed E-state index contributed by atoms with van der Waals surface area (Å²) >= 11 is 0. The first-order valence-corrected chi connectivity index (χ1v) is 7.10. The van der Waals surface area contributed by atoms with Gasteiger partial charge in [0.2, 0.25) is 0 Å². The lowest BCUT2D eigenvalue weighted by molar-refractivity contribution is -0.512. The Balaban J connectivity index is 2.09. The van der Waals surface area contributed by atoms with Crippen LogP contribution in [0.2, 0.25) is 0 Å². The van der Waals surface area contributed by atoms with Crippen molar-refractivity contribution in [1.29, 1.82) is 0 Å². The zero-order chi connectivity index (χ0) is 16.6. The monoisotopic (exact) mass is 324 g/mol. The number of aliphatic hydroxyl groups excluding tert-OH is 5. The SMILES string of the molecule is [NH3+][C@@H]1C[C@H]([NH3+])[C@@H](O[C@H]2O[C@H](C=O)[C@@H](O)[C@H](O)[C@H]2O)[C@H](O)[C@H]1O. The van der Waals surface area contributed by atoms with Crippen LogP contribution < -0.4 is 11.5 Å². The summed E-state index contributed by atoms with van der Waals surface area (Å²) in [5, 5.41) is 49.1. The fourth-order valence-electron chi connectivity index (χ4n) is 2.86. The van der Waals surface area contributed by atoms with Gasteiger partial charge in [0.15, 0.2) is 12.6 Å². The third-order valence-electron chi connectivity index (χ3n) is 4.27. The second-order valence-electron chi connectivity index (χ2n) is 5.91. The van der Waals surface area contributed by atoms with Gasteiger partial charge in [0.05, 0.1) is 6.42 Å². The summed E-state index contributed by atoms with van der Waals surface area (Å²) in [7, 11) is 0. The molecule has 2 fully saturated rings. The van der Waals surface area contributed by atoms with Crippen molar-refractivity contribution in [3.05, 3.63) is 0 Å². The van der Waals surface area contributed by atoms with Crippen LogP contribution in [-0.2, 0) is 14.3 Å². The summed E-state index contributed by atoms with van der Waals surface area (Å²) in [6.07, 6.45) is -10.3. The van der Waals surface area contributed by atoms with Crippen molar-refractivity contribution >= 4 is 6.29 Å². The van der Waals surface area contributed by atoms with Gasteiger partial charge in [0.1, 0.15) is 54.8 Å². The van der Waals surface area contributed by atoms with Gasteiger partial charge >= 0.3 is 0 Å². The Morgan fingerprint density at radius 3 is 2.14 bits per heavy atom. The highest BCUT2D eigenvalue weighted by molar-refractivity contribution is 5.57. The van der Waals surface area contributed by atoms with Gasteiger partial charge in [0.25, 0.3) is 0 Å². The number of quaternary nitrogens is 2. The fourth-order valence-corrected chi connectivity index (χ4v) is 2.86. The van der Waals surface area contributed by atoms with Gasteiger partial charge in [-0.15, -0.1) is 0 Å². The predicted octanol–water partition coefficient (Wildman–Crippen LogP) is -6.28. The lowest BCUT2D eigenvalue weighted by atomic mass is 9.84. The van der Waals surface area contributed by atoms with Gasteiger partial charge in [-0.1, -0.05) is 0 Å². The van der Waals surface area contributed by atoms with Crippen LogP contribution in [0.25, 0.3) is 0 Å². The van der Waals surface area contributed by atoms with Gasteiger partial charge in [0, 0.05) is 0 Å². The van der Waals surface area contributed by atoms with Crippen molar-refractivity contribution in [3.8, 4) is 0 Å². The van der Waals surface area contributed by atoms with E-state index in [1.807, 2.05) is 0 Å². The standard InChI is InChI=1S/C12H22N2O8/c13-3-1-4(14)11(9(19)6(3)16)22-12-10(20)8(18)7(17)5(2-15)21-12/h2-12,16-20H,1,13-14H2/p+2/t3-,4+,5-,6+,7-,8+,9-,10-,11-,12-/m1/s1. The van der Waals surface area contributed by atoms with Crippen LogP contribution in [0.5, 0.6) is 0 Å². The van der Waals surface area contributed by atoms with Gasteiger partial charge in [-0.2, -0.15) is 0 Å². The average Bonchev–Trinajstić information content (AvgIpc) is 2.49. The average molecular weight is 324 g/mol. The third-order valence-corrected chi connectivity index (χ3v) is 4.27. The van der Waals surface area contributed by atoms with Crippen molar-refractivity contribution < 1.29 is 51.3 Å². The molecular weight excluding hydrogens is 300 g/mol. The molecule has 0 spiro atoms. The van der Waals surface area contributed by atoms with Crippen molar-refractivity contribution in [2.45, 2.75) is 67.5 Å². The van der Waals surface area contributed by atoms with Crippen molar-refractivity contribution in [3.63, 3.8) is 0 Å². The first-order chi connectivity index (χ1) is 10.3. The smallest absolute Gasteiger partial charge is 0.187 e. The maximum Gasteiger partial charge on any atom is 0.187 e. The molecule has 128 valence electrons. The zero-order valence-corrected chi connectivity index (χ0v) is 11.9. The Labute approximate surface area is 126 Å². The number of carbonyl (C=O) groups is 1. The molecule has 1 aliphatic heterocycles. The highest BCUT2D eigenvalue weighted by Crippen LogP contribution is 2.26. The molecule has 2 rings (SSSR count). The Kier molecular flexibility index (Phi) is 5.48. The summed E-state index contributed by atoms with van der Waals surface area (Å²) < 4.78 is 10.5. The molecule has 0 aromatic rings. The largest absolute Gasteiger partial charge is 0.387 e. The molecule has 0 unspecified atom stereocenters. The molecule has 0 amide bonds. The number of hydrogen-bond acceptors (Lipinski definition) is 8. The molecule has 0 aromatic carbocycles. The molecule has 11 N–H and O–H groups in total. The molecule has 10 heteroatoms. The maximum absolute atomic E-state index is 10.8. The van der Waals surface area contributed by atoms with Crippen LogP contribution in [0.1, 0.15) is 6.42 Å². The lowest BCUT2D eigenvalue weighted by Crippen LogP contribution is -2.82. The fraction of sp³-hybridized carbons (Fsp3) is 0.917. The quantitative estimate of drug-likeness (QED) is 0.249. The topological polar surface area (TPSA) is 192 Å². The minimum Gasteiger partial charge on any atom is -0.387 e. The molecule has 1 heterocycles. The molecule has 2 aliphatic rings. The summed E-state index contributed by atoms with van der Waals surface area (Å²) in [4.78, 5) is 10.8. The van der Waals surface area contributed by atoms with Crippen LogP contribution >= 0.6 is 0 Å². The van der Waals surface area contributed by atoms with Gasteiger partial charge in [-0.3, -0.25) is 0 Å². The van der Waals surface area contributed by atoms with E-state index < -0.39 is 61.1 Å². The third kappa shape index (κ3) is 3.15. The highest BCUT2D eigenvalue weighted by Gasteiger charge is 2.50. The molecule has 10 nitrogen and oxygen atoms in total. The van der Waals surface area contributed by atoms with Crippen molar-refractivity contribution in [2.75, 3.05) is 0 Å². The minimum absolute atomic E-state index is 0.288. The summed E-state index contributed by atoms with van der Waals surface area (Å²) in [5.41, 5.74) is 7.54. The first kappa shape index (κ1) is 17.7. The van der Waals surface area contributed by atoms with E-state index in [0.717, 1.165) is 0 Å². The molecule has 0 bridgehead atoms. The van der Waals surface area contributed by atoms with Gasteiger partial charge in [-0.25, -0.2) is 0 Å². The number of hydrogen-bond donors (Lipinski definition) is 7. The van der Waals surface area contributed by atoms with E-state index in [4.69, 9.17) is 9.47 Å². The molecule has 1 aliphatic carbocycles. The number of rotatable bonds is 3.